The number of ether oxygens (including phenoxy) is 1. The summed E-state index contributed by atoms with van der Waals surface area (Å²) in [7, 11) is 1.63. The molecule has 1 aliphatic carbocycles. The van der Waals surface area contributed by atoms with Gasteiger partial charge in [-0.05, 0) is 62.4 Å². The maximum Gasteiger partial charge on any atom is 0.264 e. The summed E-state index contributed by atoms with van der Waals surface area (Å²) in [5.74, 6) is 2.40. The Morgan fingerprint density at radius 3 is 2.74 bits per heavy atom. The third-order valence-corrected chi connectivity index (χ3v) is 6.42. The molecule has 176 valence electrons. The minimum atomic E-state index is -0.163. The second-order valence-corrected chi connectivity index (χ2v) is 9.12. The van der Waals surface area contributed by atoms with E-state index in [1.165, 1.54) is 12.8 Å². The van der Waals surface area contributed by atoms with Gasteiger partial charge in [0.25, 0.3) is 5.56 Å². The molecule has 4 heterocycles. The number of aromatic nitrogens is 7. The monoisotopic (exact) mass is 467 g/mol. The van der Waals surface area contributed by atoms with Gasteiger partial charge in [0.05, 0.1) is 24.8 Å². The average Bonchev–Trinajstić information content (AvgIpc) is 3.39. The number of pyridine rings is 2. The van der Waals surface area contributed by atoms with Crippen molar-refractivity contribution in [3.8, 4) is 28.8 Å². The Balaban J connectivity index is 1.47. The van der Waals surface area contributed by atoms with Gasteiger partial charge in [-0.2, -0.15) is 0 Å². The normalized spacial score (nSPS) is 13.6. The van der Waals surface area contributed by atoms with Crippen LogP contribution in [0.3, 0.4) is 0 Å². The molecule has 9 heteroatoms. The van der Waals surface area contributed by atoms with Crippen LogP contribution < -0.4 is 10.3 Å². The van der Waals surface area contributed by atoms with Crippen molar-refractivity contribution in [3.63, 3.8) is 0 Å². The minimum absolute atomic E-state index is 0.163. The number of hydrogen-bond donors (Lipinski definition) is 0. The molecule has 0 saturated heterocycles. The lowest BCUT2D eigenvalue weighted by Gasteiger charge is -2.13. The van der Waals surface area contributed by atoms with Crippen LogP contribution in [0.25, 0.3) is 33.8 Å². The molecule has 5 aromatic rings. The highest BCUT2D eigenvalue weighted by atomic mass is 16.5. The number of fused-ring (bicyclic) bond motifs is 1. The largest absolute Gasteiger partial charge is 0.495 e. The lowest BCUT2D eigenvalue weighted by atomic mass is 10.1. The fraction of sp³-hybridized carbons (Fsp3) is 0.269. The first-order valence-corrected chi connectivity index (χ1v) is 11.7. The Bertz CT molecular complexity index is 1610. The minimum Gasteiger partial charge on any atom is -0.495 e. The van der Waals surface area contributed by atoms with Gasteiger partial charge in [-0.1, -0.05) is 6.07 Å². The third kappa shape index (κ3) is 3.69. The summed E-state index contributed by atoms with van der Waals surface area (Å²) in [4.78, 5) is 22.9. The summed E-state index contributed by atoms with van der Waals surface area (Å²) in [5.41, 5.74) is 2.35. The summed E-state index contributed by atoms with van der Waals surface area (Å²) in [6.45, 7) is 4.12. The van der Waals surface area contributed by atoms with Crippen molar-refractivity contribution in [2.45, 2.75) is 38.6 Å². The topological polar surface area (TPSA) is 92.6 Å². The second kappa shape index (κ2) is 8.19. The van der Waals surface area contributed by atoms with Gasteiger partial charge in [0.1, 0.15) is 23.6 Å². The molecular formula is C26H25N7O2. The van der Waals surface area contributed by atoms with Gasteiger partial charge in [-0.3, -0.25) is 9.36 Å². The van der Waals surface area contributed by atoms with Gasteiger partial charge >= 0.3 is 0 Å². The quantitative estimate of drug-likeness (QED) is 0.370. The first-order chi connectivity index (χ1) is 17.0. The summed E-state index contributed by atoms with van der Waals surface area (Å²) >= 11 is 0. The van der Waals surface area contributed by atoms with Crippen molar-refractivity contribution < 1.29 is 4.74 Å². The molecule has 0 aliphatic heterocycles. The highest BCUT2D eigenvalue weighted by Crippen LogP contribution is 2.39. The number of rotatable bonds is 6. The molecule has 0 N–H and O–H groups in total. The van der Waals surface area contributed by atoms with Crippen LogP contribution in [0, 0.1) is 0 Å². The number of hydrogen-bond acceptors (Lipinski definition) is 6. The van der Waals surface area contributed by atoms with Crippen LogP contribution in [0.1, 0.15) is 44.3 Å². The van der Waals surface area contributed by atoms with E-state index in [0.29, 0.717) is 34.4 Å². The van der Waals surface area contributed by atoms with E-state index in [-0.39, 0.29) is 11.6 Å². The molecule has 0 unspecified atom stereocenters. The molecule has 6 rings (SSSR count). The Morgan fingerprint density at radius 2 is 1.97 bits per heavy atom. The van der Waals surface area contributed by atoms with E-state index in [9.17, 15) is 4.79 Å². The molecule has 0 bridgehead atoms. The second-order valence-electron chi connectivity index (χ2n) is 9.12. The van der Waals surface area contributed by atoms with Crippen LogP contribution in [0.4, 0.5) is 0 Å². The fourth-order valence-corrected chi connectivity index (χ4v) is 4.35. The number of methoxy groups -OCH3 is 1. The number of nitrogens with zero attached hydrogens (tertiary/aromatic N) is 7. The average molecular weight is 468 g/mol. The van der Waals surface area contributed by atoms with Crippen LogP contribution in [0.15, 0.2) is 66.2 Å². The molecule has 9 nitrogen and oxygen atoms in total. The van der Waals surface area contributed by atoms with Gasteiger partial charge in [0, 0.05) is 29.7 Å². The third-order valence-electron chi connectivity index (χ3n) is 6.42. The van der Waals surface area contributed by atoms with E-state index in [2.05, 4.69) is 29.0 Å². The van der Waals surface area contributed by atoms with Crippen LogP contribution >= 0.6 is 0 Å². The molecule has 1 aromatic carbocycles. The lowest BCUT2D eigenvalue weighted by Crippen LogP contribution is -2.19. The molecule has 0 radical (unpaired) electrons. The van der Waals surface area contributed by atoms with E-state index in [4.69, 9.17) is 9.72 Å². The van der Waals surface area contributed by atoms with E-state index < -0.39 is 0 Å². The zero-order valence-corrected chi connectivity index (χ0v) is 19.8. The van der Waals surface area contributed by atoms with E-state index >= 15 is 0 Å². The summed E-state index contributed by atoms with van der Waals surface area (Å²) in [5, 5.41) is 9.64. The van der Waals surface area contributed by atoms with Crippen LogP contribution in [0.5, 0.6) is 5.75 Å². The van der Waals surface area contributed by atoms with Crippen LogP contribution in [-0.4, -0.2) is 41.0 Å². The summed E-state index contributed by atoms with van der Waals surface area (Å²) in [6.07, 6.45) is 9.60. The Kier molecular flexibility index (Phi) is 4.98. The standard InChI is InChI=1S/C26H25N7O2/c1-16(2)33-15-28-30-25(33)20-5-4-6-24(29-20)32-10-9-18-11-23(35-3)22(12-19(18)26(32)34)31-13-21(27-14-31)17-7-8-17/h4-6,9-17H,7-8H2,1-3H3. The molecule has 1 saturated carbocycles. The number of imidazole rings is 1. The lowest BCUT2D eigenvalue weighted by molar-refractivity contribution is 0.413. The van der Waals surface area contributed by atoms with Gasteiger partial charge in [-0.25, -0.2) is 9.97 Å². The molecule has 1 aliphatic rings. The van der Waals surface area contributed by atoms with Gasteiger partial charge in [-0.15, -0.1) is 10.2 Å². The molecule has 4 aromatic heterocycles. The Morgan fingerprint density at radius 1 is 1.11 bits per heavy atom. The molecule has 0 amide bonds. The highest BCUT2D eigenvalue weighted by Gasteiger charge is 2.26. The zero-order valence-electron chi connectivity index (χ0n) is 19.8. The van der Waals surface area contributed by atoms with Crippen LogP contribution in [0.2, 0.25) is 0 Å². The molecule has 1 fully saturated rings. The van der Waals surface area contributed by atoms with Crippen molar-refractivity contribution >= 4 is 10.8 Å². The van der Waals surface area contributed by atoms with Gasteiger partial charge < -0.3 is 13.9 Å². The smallest absolute Gasteiger partial charge is 0.264 e. The zero-order chi connectivity index (χ0) is 24.1. The molecular weight excluding hydrogens is 442 g/mol. The molecule has 0 atom stereocenters. The van der Waals surface area contributed by atoms with E-state index in [0.717, 1.165) is 16.8 Å². The Hall–Kier alpha value is -4.27. The van der Waals surface area contributed by atoms with Gasteiger partial charge in [0.15, 0.2) is 5.82 Å². The first kappa shape index (κ1) is 21.3. The highest BCUT2D eigenvalue weighted by molar-refractivity contribution is 5.86. The maximum absolute atomic E-state index is 13.6. The van der Waals surface area contributed by atoms with Crippen molar-refractivity contribution in [1.29, 1.82) is 0 Å². The Labute approximate surface area is 201 Å². The summed E-state index contributed by atoms with van der Waals surface area (Å²) < 4.78 is 11.1. The fourth-order valence-electron chi connectivity index (χ4n) is 4.35. The molecule has 0 spiro atoms. The molecule has 35 heavy (non-hydrogen) atoms. The SMILES string of the molecule is COc1cc2ccn(-c3cccc(-c4nncn4C(C)C)n3)c(=O)c2cc1-n1cnc(C2CC2)c1. The van der Waals surface area contributed by atoms with Crippen molar-refractivity contribution in [2.75, 3.05) is 7.11 Å². The maximum atomic E-state index is 13.6. The first-order valence-electron chi connectivity index (χ1n) is 11.7. The van der Waals surface area contributed by atoms with Crippen molar-refractivity contribution in [1.82, 2.24) is 33.9 Å². The predicted octanol–water partition coefficient (Wildman–Crippen LogP) is 4.30. The van der Waals surface area contributed by atoms with Crippen molar-refractivity contribution in [2.24, 2.45) is 0 Å². The van der Waals surface area contributed by atoms with E-state index in [1.807, 2.05) is 51.7 Å². The van der Waals surface area contributed by atoms with E-state index in [1.54, 1.807) is 30.5 Å². The summed E-state index contributed by atoms with van der Waals surface area (Å²) in [6, 6.07) is 11.4. The van der Waals surface area contributed by atoms with Crippen molar-refractivity contribution in [3.05, 3.63) is 77.5 Å². The van der Waals surface area contributed by atoms with Crippen LogP contribution in [-0.2, 0) is 0 Å². The number of benzene rings is 1. The predicted molar refractivity (Wildman–Crippen MR) is 132 cm³/mol. The van der Waals surface area contributed by atoms with Gasteiger partial charge in [0.2, 0.25) is 0 Å².